The Morgan fingerprint density at radius 1 is 1.00 bits per heavy atom. The first kappa shape index (κ1) is 11.3. The van der Waals surface area contributed by atoms with Crippen LogP contribution in [0.4, 0.5) is 11.4 Å². The van der Waals surface area contributed by atoms with Gasteiger partial charge in [0, 0.05) is 16.9 Å². The molecule has 0 saturated heterocycles. The van der Waals surface area contributed by atoms with E-state index < -0.39 is 0 Å². The third-order valence-corrected chi connectivity index (χ3v) is 2.82. The summed E-state index contributed by atoms with van der Waals surface area (Å²) in [4.78, 5) is 1.78. The van der Waals surface area contributed by atoms with Crippen LogP contribution in [0.25, 0.3) is 0 Å². The summed E-state index contributed by atoms with van der Waals surface area (Å²) in [6.45, 7) is 0. The maximum absolute atomic E-state index is 5.20. The molecule has 0 amide bonds. The van der Waals surface area contributed by atoms with Crippen LogP contribution in [0.1, 0.15) is 0 Å². The largest absolute Gasteiger partial charge is 0.742 e. The second-order valence-corrected chi connectivity index (χ2v) is 4.32. The van der Waals surface area contributed by atoms with Gasteiger partial charge >= 0.3 is 0 Å². The lowest BCUT2D eigenvalue weighted by molar-refractivity contribution is -0.517. The van der Waals surface area contributed by atoms with E-state index in [1.807, 2.05) is 65.8 Å². The zero-order valence-electron chi connectivity index (χ0n) is 9.60. The van der Waals surface area contributed by atoms with E-state index in [1.165, 1.54) is 0 Å². The molecule has 4 nitrogen and oxygen atoms in total. The predicted molar refractivity (Wildman–Crippen MR) is 72.0 cm³/mol. The number of nitrogens with one attached hydrogen (secondary N) is 1. The van der Waals surface area contributed by atoms with Gasteiger partial charge in [0.15, 0.2) is 0 Å². The van der Waals surface area contributed by atoms with Crippen LogP contribution >= 0.6 is 0 Å². The molecule has 1 aliphatic rings. The number of hydrogen-bond donors (Lipinski definition) is 1. The summed E-state index contributed by atoms with van der Waals surface area (Å²) >= 11 is 5.20. The minimum absolute atomic E-state index is 0.356. The van der Waals surface area contributed by atoms with Crippen molar-refractivity contribution in [2.45, 2.75) is 5.50 Å². The average molecular weight is 256 g/mol. The summed E-state index contributed by atoms with van der Waals surface area (Å²) < 4.78 is 0. The molecule has 0 saturated carbocycles. The van der Waals surface area contributed by atoms with Crippen LogP contribution in [0.2, 0.25) is 0 Å². The van der Waals surface area contributed by atoms with Gasteiger partial charge in [-0.2, -0.15) is 5.43 Å². The number of nitrogens with zero attached hydrogens (tertiary/aromatic N) is 3. The summed E-state index contributed by atoms with van der Waals surface area (Å²) in [5.41, 5.74) is 4.74. The van der Waals surface area contributed by atoms with Gasteiger partial charge in [-0.15, -0.1) is 0 Å². The zero-order valence-corrected chi connectivity index (χ0v) is 10.4. The number of rotatable bonds is 2. The second-order valence-electron chi connectivity index (χ2n) is 3.87. The molecule has 1 unspecified atom stereocenters. The Hall–Kier alpha value is -1.85. The second kappa shape index (κ2) is 4.80. The van der Waals surface area contributed by atoms with E-state index in [0.29, 0.717) is 0 Å². The van der Waals surface area contributed by atoms with Crippen molar-refractivity contribution in [3.05, 3.63) is 60.7 Å². The molecule has 3 rings (SSSR count). The maximum Gasteiger partial charge on any atom is 0.267 e. The Balaban J connectivity index is 1.99. The van der Waals surface area contributed by atoms with Gasteiger partial charge in [0.1, 0.15) is 5.69 Å². The molecule has 0 bridgehead atoms. The van der Waals surface area contributed by atoms with Crippen molar-refractivity contribution in [2.24, 2.45) is 5.11 Å². The number of hydrazine groups is 2. The number of azo groups is 1. The van der Waals surface area contributed by atoms with Crippen molar-refractivity contribution in [3.8, 4) is 0 Å². The zero-order chi connectivity index (χ0) is 12.4. The van der Waals surface area contributed by atoms with Crippen molar-refractivity contribution in [3.63, 3.8) is 0 Å². The van der Waals surface area contributed by atoms with Crippen LogP contribution in [-0.4, -0.2) is 10.3 Å². The van der Waals surface area contributed by atoms with E-state index >= 15 is 0 Å². The lowest BCUT2D eigenvalue weighted by Crippen LogP contribution is -2.40. The predicted octanol–water partition coefficient (Wildman–Crippen LogP) is 2.55. The molecule has 0 aromatic heterocycles. The van der Waals surface area contributed by atoms with Crippen LogP contribution in [0.5, 0.6) is 0 Å². The van der Waals surface area contributed by atoms with Gasteiger partial charge < -0.3 is 12.6 Å². The van der Waals surface area contributed by atoms with Crippen molar-refractivity contribution >= 4 is 24.0 Å². The van der Waals surface area contributed by atoms with Crippen molar-refractivity contribution in [2.75, 3.05) is 5.12 Å². The molecular weight excluding hydrogens is 244 g/mol. The van der Waals surface area contributed by atoms with Crippen LogP contribution in [0.3, 0.4) is 0 Å². The first-order chi connectivity index (χ1) is 8.84. The summed E-state index contributed by atoms with van der Waals surface area (Å²) in [6, 6.07) is 19.9. The molecule has 0 spiro atoms. The van der Waals surface area contributed by atoms with Crippen LogP contribution < -0.4 is 10.5 Å². The molecular formula is C13H12N4S. The van der Waals surface area contributed by atoms with Crippen LogP contribution in [-0.2, 0) is 12.6 Å². The Kier molecular flexibility index (Phi) is 3.00. The number of para-hydroxylation sites is 2. The first-order valence-corrected chi connectivity index (χ1v) is 6.15. The monoisotopic (exact) mass is 256 g/mol. The number of benzene rings is 2. The van der Waals surface area contributed by atoms with Crippen LogP contribution in [0, 0.1) is 0 Å². The minimum atomic E-state index is -0.356. The molecule has 18 heavy (non-hydrogen) atoms. The number of hydrogen-bond acceptors (Lipinski definition) is 4. The lowest BCUT2D eigenvalue weighted by atomic mass is 10.3. The molecule has 90 valence electrons. The fourth-order valence-corrected chi connectivity index (χ4v) is 2.02. The van der Waals surface area contributed by atoms with Gasteiger partial charge in [-0.25, -0.2) is 0 Å². The van der Waals surface area contributed by atoms with E-state index in [9.17, 15) is 0 Å². The Morgan fingerprint density at radius 3 is 2.28 bits per heavy atom. The SMILES string of the molecule is [S-]C1N=[N+](c2ccccc2)N(c2ccccc2)N1. The molecule has 2 aromatic rings. The van der Waals surface area contributed by atoms with Gasteiger partial charge in [-0.3, -0.25) is 0 Å². The molecule has 5 heteroatoms. The van der Waals surface area contributed by atoms with Crippen molar-refractivity contribution in [1.82, 2.24) is 5.43 Å². The highest BCUT2D eigenvalue weighted by Crippen LogP contribution is 2.22. The van der Waals surface area contributed by atoms with Crippen LogP contribution in [0.15, 0.2) is 65.8 Å². The highest BCUT2D eigenvalue weighted by atomic mass is 32.1. The summed E-state index contributed by atoms with van der Waals surface area (Å²) in [7, 11) is 0. The smallest absolute Gasteiger partial charge is 0.267 e. The van der Waals surface area contributed by atoms with E-state index in [4.69, 9.17) is 12.6 Å². The van der Waals surface area contributed by atoms with E-state index in [2.05, 4.69) is 10.5 Å². The molecule has 1 aliphatic heterocycles. The highest BCUT2D eigenvalue weighted by Gasteiger charge is 2.29. The molecule has 1 atom stereocenters. The molecule has 0 radical (unpaired) electrons. The normalized spacial score (nSPS) is 18.8. The van der Waals surface area contributed by atoms with E-state index in [-0.39, 0.29) is 5.50 Å². The summed E-state index contributed by atoms with van der Waals surface area (Å²) in [5.74, 6) is 0. The number of anilines is 1. The fourth-order valence-electron chi connectivity index (χ4n) is 1.83. The van der Waals surface area contributed by atoms with Gasteiger partial charge in [-0.05, 0) is 22.4 Å². The van der Waals surface area contributed by atoms with E-state index in [0.717, 1.165) is 11.4 Å². The molecule has 1 heterocycles. The average Bonchev–Trinajstić information content (AvgIpc) is 2.83. The lowest BCUT2D eigenvalue weighted by Gasteiger charge is -2.14. The topological polar surface area (TPSA) is 30.6 Å². The van der Waals surface area contributed by atoms with Gasteiger partial charge in [-0.1, -0.05) is 36.4 Å². The highest BCUT2D eigenvalue weighted by molar-refractivity contribution is 7.59. The van der Waals surface area contributed by atoms with E-state index in [1.54, 1.807) is 4.81 Å². The Labute approximate surface area is 111 Å². The molecule has 1 N–H and O–H groups in total. The van der Waals surface area contributed by atoms with Crippen molar-refractivity contribution in [1.29, 1.82) is 0 Å². The van der Waals surface area contributed by atoms with Gasteiger partial charge in [0.25, 0.3) is 5.69 Å². The quantitative estimate of drug-likeness (QED) is 0.661. The Bertz CT molecular complexity index is 556. The molecule has 0 fully saturated rings. The summed E-state index contributed by atoms with van der Waals surface area (Å²) in [5, 5.41) is 6.23. The van der Waals surface area contributed by atoms with Gasteiger partial charge in [0.05, 0.1) is 5.50 Å². The third kappa shape index (κ3) is 2.10. The first-order valence-electron chi connectivity index (χ1n) is 5.67. The summed E-state index contributed by atoms with van der Waals surface area (Å²) in [6.07, 6.45) is 0. The van der Waals surface area contributed by atoms with Crippen molar-refractivity contribution < 1.29 is 4.81 Å². The Morgan fingerprint density at radius 2 is 1.61 bits per heavy atom. The standard InChI is InChI=1S/C13H12N4S/c18-13-14-16(11-7-3-1-4-8-11)17(15-13)12-9-5-2-6-10-12/h1-10,13-14H. The molecule has 2 aromatic carbocycles. The minimum Gasteiger partial charge on any atom is -0.742 e. The fraction of sp³-hybridized carbons (Fsp3) is 0.0769. The molecule has 0 aliphatic carbocycles. The van der Waals surface area contributed by atoms with Gasteiger partial charge in [0.2, 0.25) is 0 Å². The third-order valence-electron chi connectivity index (χ3n) is 2.62. The maximum atomic E-state index is 5.20.